The molecule has 0 fully saturated rings. The molecule has 0 aliphatic carbocycles. The molecule has 0 spiro atoms. The van der Waals surface area contributed by atoms with Crippen molar-refractivity contribution in [1.82, 2.24) is 0 Å². The SMILES string of the molecule is C=NC(N)/C=C/C(C)(C)C.CC.Cc1ccc(SCS)cc1. The Bertz CT molecular complexity index is 406. The number of hydrogen-bond donors (Lipinski definition) is 2. The lowest BCUT2D eigenvalue weighted by molar-refractivity contribution is 0.540. The standard InChI is InChI=1S/C8H16N2.C8H10S2.C2H6/c1-8(2,3)6-5-7(9)10-4;1-7-2-4-8(5-3-7)10-6-9;1-2/h5-7H,4,9H2,1-3H3;2-5,9H,6H2,1H3;1-2H3/b6-5+;;. The molecule has 2 nitrogen and oxygen atoms in total. The molecule has 1 atom stereocenters. The summed E-state index contributed by atoms with van der Waals surface area (Å²) >= 11 is 5.87. The highest BCUT2D eigenvalue weighted by molar-refractivity contribution is 8.09. The summed E-state index contributed by atoms with van der Waals surface area (Å²) in [4.78, 5) is 4.92. The number of nitrogens with zero attached hydrogens (tertiary/aromatic N) is 1. The number of allylic oxidation sites excluding steroid dienone is 1. The molecule has 2 N–H and O–H groups in total. The van der Waals surface area contributed by atoms with Crippen molar-refractivity contribution in [3.8, 4) is 0 Å². The van der Waals surface area contributed by atoms with Crippen molar-refractivity contribution in [1.29, 1.82) is 0 Å². The molecule has 1 rings (SSSR count). The average Bonchev–Trinajstić information content (AvgIpc) is 2.49. The smallest absolute Gasteiger partial charge is 0.115 e. The Balaban J connectivity index is 0. The maximum atomic E-state index is 5.46. The molecule has 0 aliphatic heterocycles. The predicted octanol–water partition coefficient (Wildman–Crippen LogP) is 5.57. The van der Waals surface area contributed by atoms with Gasteiger partial charge >= 0.3 is 0 Å². The molecule has 0 amide bonds. The van der Waals surface area contributed by atoms with Gasteiger partial charge in [0.05, 0.1) is 0 Å². The largest absolute Gasteiger partial charge is 0.307 e. The van der Waals surface area contributed by atoms with E-state index >= 15 is 0 Å². The first-order valence-electron chi connectivity index (χ1n) is 7.49. The van der Waals surface area contributed by atoms with Crippen molar-refractivity contribution >= 4 is 31.1 Å². The van der Waals surface area contributed by atoms with Crippen LogP contribution in [-0.2, 0) is 0 Å². The monoisotopic (exact) mass is 340 g/mol. The van der Waals surface area contributed by atoms with Crippen LogP contribution < -0.4 is 5.73 Å². The minimum atomic E-state index is -0.251. The van der Waals surface area contributed by atoms with E-state index in [-0.39, 0.29) is 11.6 Å². The molecule has 0 radical (unpaired) electrons. The molecule has 0 heterocycles. The highest BCUT2D eigenvalue weighted by Gasteiger charge is 2.03. The highest BCUT2D eigenvalue weighted by Crippen LogP contribution is 2.18. The van der Waals surface area contributed by atoms with Crippen LogP contribution in [0.15, 0.2) is 46.3 Å². The zero-order valence-electron chi connectivity index (χ0n) is 14.8. The molecule has 1 unspecified atom stereocenters. The Morgan fingerprint density at radius 3 is 2.14 bits per heavy atom. The summed E-state index contributed by atoms with van der Waals surface area (Å²) in [5.74, 6) is 0. The van der Waals surface area contributed by atoms with Crippen molar-refractivity contribution in [2.24, 2.45) is 16.1 Å². The molecule has 126 valence electrons. The molecule has 1 aromatic rings. The summed E-state index contributed by atoms with van der Waals surface area (Å²) in [5.41, 5.74) is 6.96. The molecule has 0 aliphatic rings. The molecule has 0 aromatic heterocycles. The number of hydrogen-bond acceptors (Lipinski definition) is 4. The lowest BCUT2D eigenvalue weighted by Gasteiger charge is -2.11. The van der Waals surface area contributed by atoms with Crippen LogP contribution in [0.1, 0.15) is 40.2 Å². The van der Waals surface area contributed by atoms with Gasteiger partial charge in [-0.1, -0.05) is 58.4 Å². The van der Waals surface area contributed by atoms with Gasteiger partial charge in [0.15, 0.2) is 0 Å². The molecular formula is C18H32N2S2. The second-order valence-electron chi connectivity index (χ2n) is 5.48. The number of nitrogens with two attached hydrogens (primary N) is 1. The maximum Gasteiger partial charge on any atom is 0.115 e. The summed E-state index contributed by atoms with van der Waals surface area (Å²) in [6, 6.07) is 8.48. The first-order chi connectivity index (χ1) is 10.3. The van der Waals surface area contributed by atoms with Crippen molar-refractivity contribution < 1.29 is 0 Å². The van der Waals surface area contributed by atoms with Gasteiger partial charge in [-0.2, -0.15) is 12.6 Å². The molecule has 0 saturated heterocycles. The van der Waals surface area contributed by atoms with Crippen LogP contribution in [0.5, 0.6) is 0 Å². The zero-order chi connectivity index (χ0) is 17.6. The van der Waals surface area contributed by atoms with Gasteiger partial charge in [0.2, 0.25) is 0 Å². The molecule has 0 saturated carbocycles. The average molecular weight is 341 g/mol. The van der Waals surface area contributed by atoms with Gasteiger partial charge in [-0.05, 0) is 37.3 Å². The van der Waals surface area contributed by atoms with Gasteiger partial charge in [0.25, 0.3) is 0 Å². The third-order valence-corrected chi connectivity index (χ3v) is 3.38. The molecule has 0 bridgehead atoms. The first-order valence-corrected chi connectivity index (χ1v) is 9.11. The second kappa shape index (κ2) is 13.9. The maximum absolute atomic E-state index is 5.46. The van der Waals surface area contributed by atoms with E-state index in [1.807, 2.05) is 26.0 Å². The Morgan fingerprint density at radius 2 is 1.77 bits per heavy atom. The van der Waals surface area contributed by atoms with Gasteiger partial charge in [0.1, 0.15) is 6.17 Å². The van der Waals surface area contributed by atoms with Gasteiger partial charge in [-0.15, -0.1) is 11.8 Å². The fourth-order valence-corrected chi connectivity index (χ4v) is 2.08. The Morgan fingerprint density at radius 1 is 1.27 bits per heavy atom. The van der Waals surface area contributed by atoms with Crippen LogP contribution in [-0.4, -0.2) is 18.0 Å². The quantitative estimate of drug-likeness (QED) is 0.247. The highest BCUT2D eigenvalue weighted by atomic mass is 32.2. The lowest BCUT2D eigenvalue weighted by atomic mass is 9.96. The Labute approximate surface area is 147 Å². The van der Waals surface area contributed by atoms with E-state index in [4.69, 9.17) is 5.73 Å². The Hall–Kier alpha value is -0.710. The van der Waals surface area contributed by atoms with Gasteiger partial charge in [-0.25, -0.2) is 0 Å². The van der Waals surface area contributed by atoms with E-state index in [1.165, 1.54) is 10.5 Å². The molecule has 4 heteroatoms. The number of rotatable bonds is 4. The second-order valence-corrected chi connectivity index (χ2v) is 7.28. The molecular weight excluding hydrogens is 308 g/mol. The summed E-state index contributed by atoms with van der Waals surface area (Å²) < 4.78 is 0. The molecule has 22 heavy (non-hydrogen) atoms. The van der Waals surface area contributed by atoms with Crippen molar-refractivity contribution in [2.45, 2.75) is 52.6 Å². The normalized spacial score (nSPS) is 11.8. The predicted molar refractivity (Wildman–Crippen MR) is 108 cm³/mol. The van der Waals surface area contributed by atoms with Crippen molar-refractivity contribution in [2.75, 3.05) is 5.08 Å². The fraction of sp³-hybridized carbons (Fsp3) is 0.500. The summed E-state index contributed by atoms with van der Waals surface area (Å²) in [6.07, 6.45) is 3.64. The van der Waals surface area contributed by atoms with Crippen molar-refractivity contribution in [3.05, 3.63) is 42.0 Å². The summed E-state index contributed by atoms with van der Waals surface area (Å²) in [7, 11) is 0. The number of benzene rings is 1. The first kappa shape index (κ1) is 23.6. The topological polar surface area (TPSA) is 38.4 Å². The minimum Gasteiger partial charge on any atom is -0.307 e. The van der Waals surface area contributed by atoms with E-state index in [1.54, 1.807) is 11.8 Å². The van der Waals surface area contributed by atoms with E-state index < -0.39 is 0 Å². The van der Waals surface area contributed by atoms with E-state index in [9.17, 15) is 0 Å². The van der Waals surface area contributed by atoms with Gasteiger partial charge < -0.3 is 5.73 Å². The molecule has 1 aromatic carbocycles. The summed E-state index contributed by atoms with van der Waals surface area (Å²) in [6.45, 7) is 15.8. The number of aryl methyl sites for hydroxylation is 1. The van der Waals surface area contributed by atoms with Crippen LogP contribution in [0.4, 0.5) is 0 Å². The number of thioether (sulfide) groups is 1. The van der Waals surface area contributed by atoms with E-state index in [0.29, 0.717) is 0 Å². The zero-order valence-corrected chi connectivity index (χ0v) is 16.5. The van der Waals surface area contributed by atoms with E-state index in [0.717, 1.165) is 5.08 Å². The van der Waals surface area contributed by atoms with Crippen LogP contribution >= 0.6 is 24.4 Å². The third-order valence-electron chi connectivity index (χ3n) is 2.26. The van der Waals surface area contributed by atoms with Gasteiger partial charge in [0, 0.05) is 9.98 Å². The fourth-order valence-electron chi connectivity index (χ4n) is 1.16. The third kappa shape index (κ3) is 15.7. The minimum absolute atomic E-state index is 0.183. The van der Waals surface area contributed by atoms with Crippen molar-refractivity contribution in [3.63, 3.8) is 0 Å². The number of aliphatic imine (C=N–C) groups is 1. The van der Waals surface area contributed by atoms with Crippen LogP contribution in [0.2, 0.25) is 0 Å². The lowest BCUT2D eigenvalue weighted by Crippen LogP contribution is -2.14. The van der Waals surface area contributed by atoms with Crippen LogP contribution in [0.3, 0.4) is 0 Å². The van der Waals surface area contributed by atoms with Gasteiger partial charge in [-0.3, -0.25) is 4.99 Å². The summed E-state index contributed by atoms with van der Waals surface area (Å²) in [5, 5.41) is 0.850. The van der Waals surface area contributed by atoms with Crippen LogP contribution in [0, 0.1) is 12.3 Å². The van der Waals surface area contributed by atoms with Crippen LogP contribution in [0.25, 0.3) is 0 Å². The Kier molecular flexibility index (Phi) is 14.9. The van der Waals surface area contributed by atoms with E-state index in [2.05, 4.69) is 76.3 Å². The number of thiol groups is 1.